The Balaban J connectivity index is 1.55. The van der Waals surface area contributed by atoms with E-state index in [2.05, 4.69) is 47.7 Å². The Bertz CT molecular complexity index is 1300. The highest BCUT2D eigenvalue weighted by Crippen LogP contribution is 2.35. The van der Waals surface area contributed by atoms with Crippen LogP contribution in [0.5, 0.6) is 0 Å². The molecule has 0 bridgehead atoms. The van der Waals surface area contributed by atoms with Crippen LogP contribution in [0.15, 0.2) is 48.8 Å². The molecule has 1 fully saturated rings. The van der Waals surface area contributed by atoms with Gasteiger partial charge in [-0.05, 0) is 41.7 Å². The van der Waals surface area contributed by atoms with Gasteiger partial charge in [-0.15, -0.1) is 5.10 Å². The normalized spacial score (nSPS) is 13.6. The van der Waals surface area contributed by atoms with Crippen molar-refractivity contribution in [3.8, 4) is 22.6 Å². The fourth-order valence-electron chi connectivity index (χ4n) is 3.92. The number of tetrazole rings is 1. The summed E-state index contributed by atoms with van der Waals surface area (Å²) in [5, 5.41) is 17.2. The molecular formula is C24H24F3N9. The van der Waals surface area contributed by atoms with Gasteiger partial charge in [0.15, 0.2) is 5.82 Å². The number of benzene rings is 1. The van der Waals surface area contributed by atoms with Crippen molar-refractivity contribution >= 4 is 17.5 Å². The zero-order valence-corrected chi connectivity index (χ0v) is 19.5. The van der Waals surface area contributed by atoms with Crippen LogP contribution in [-0.2, 0) is 6.18 Å². The van der Waals surface area contributed by atoms with Crippen LogP contribution in [0.3, 0.4) is 0 Å². The Kier molecular flexibility index (Phi) is 6.49. The Morgan fingerprint density at radius 3 is 2.47 bits per heavy atom. The summed E-state index contributed by atoms with van der Waals surface area (Å²) in [4.78, 5) is 14.9. The largest absolute Gasteiger partial charge is 0.419 e. The third-order valence-corrected chi connectivity index (χ3v) is 5.84. The molecule has 186 valence electrons. The van der Waals surface area contributed by atoms with Crippen molar-refractivity contribution in [1.29, 1.82) is 0 Å². The van der Waals surface area contributed by atoms with Crippen molar-refractivity contribution < 1.29 is 13.2 Å². The predicted octanol–water partition coefficient (Wildman–Crippen LogP) is 5.11. The third kappa shape index (κ3) is 5.42. The fraction of sp³-hybridized carbons (Fsp3) is 0.333. The Morgan fingerprint density at radius 1 is 1.08 bits per heavy atom. The predicted molar refractivity (Wildman–Crippen MR) is 128 cm³/mol. The Hall–Kier alpha value is -4.09. The van der Waals surface area contributed by atoms with Gasteiger partial charge < -0.3 is 10.2 Å². The summed E-state index contributed by atoms with van der Waals surface area (Å²) in [5.74, 6) is 1.97. The van der Waals surface area contributed by atoms with Gasteiger partial charge in [0.05, 0.1) is 11.3 Å². The first-order valence-corrected chi connectivity index (χ1v) is 11.7. The molecule has 1 aliphatic carbocycles. The zero-order valence-electron chi connectivity index (χ0n) is 19.5. The number of halogens is 3. The molecule has 1 aromatic carbocycles. The minimum atomic E-state index is -4.50. The minimum Gasteiger partial charge on any atom is -0.356 e. The van der Waals surface area contributed by atoms with Crippen LogP contribution in [-0.4, -0.2) is 48.7 Å². The van der Waals surface area contributed by atoms with E-state index in [-0.39, 0.29) is 5.95 Å². The van der Waals surface area contributed by atoms with Gasteiger partial charge in [-0.25, -0.2) is 20.1 Å². The molecule has 3 aromatic heterocycles. The Morgan fingerprint density at radius 2 is 1.83 bits per heavy atom. The van der Waals surface area contributed by atoms with E-state index in [0.717, 1.165) is 48.8 Å². The van der Waals surface area contributed by atoms with Gasteiger partial charge in [-0.2, -0.15) is 13.2 Å². The number of hydrogen-bond donors (Lipinski definition) is 2. The van der Waals surface area contributed by atoms with Gasteiger partial charge in [0.25, 0.3) is 0 Å². The number of hydrogen-bond acceptors (Lipinski definition) is 8. The first-order valence-electron chi connectivity index (χ1n) is 11.7. The quantitative estimate of drug-likeness (QED) is 0.330. The highest BCUT2D eigenvalue weighted by atomic mass is 19.4. The molecule has 0 radical (unpaired) electrons. The van der Waals surface area contributed by atoms with Crippen LogP contribution >= 0.6 is 0 Å². The number of nitrogens with zero attached hydrogens (tertiary/aromatic N) is 7. The van der Waals surface area contributed by atoms with Gasteiger partial charge >= 0.3 is 6.18 Å². The average Bonchev–Trinajstić information content (AvgIpc) is 3.52. The lowest BCUT2D eigenvalue weighted by molar-refractivity contribution is -0.138. The molecule has 0 atom stereocenters. The number of alkyl halides is 3. The van der Waals surface area contributed by atoms with Gasteiger partial charge in [0.2, 0.25) is 5.95 Å². The van der Waals surface area contributed by atoms with Crippen molar-refractivity contribution in [2.45, 2.75) is 32.4 Å². The van der Waals surface area contributed by atoms with E-state index in [4.69, 9.17) is 4.98 Å². The monoisotopic (exact) mass is 495 g/mol. The summed E-state index contributed by atoms with van der Waals surface area (Å²) in [6, 6.07) is 11.3. The molecule has 3 heterocycles. The van der Waals surface area contributed by atoms with Crippen LogP contribution in [0.2, 0.25) is 0 Å². The molecule has 5 rings (SSSR count). The van der Waals surface area contributed by atoms with Crippen molar-refractivity contribution in [2.75, 3.05) is 23.3 Å². The molecule has 0 unspecified atom stereocenters. The van der Waals surface area contributed by atoms with Crippen molar-refractivity contribution in [2.24, 2.45) is 5.92 Å². The molecule has 12 heteroatoms. The number of rotatable bonds is 9. The topological polar surface area (TPSA) is 108 Å². The van der Waals surface area contributed by atoms with E-state index in [1.807, 2.05) is 36.4 Å². The van der Waals surface area contributed by atoms with E-state index >= 15 is 0 Å². The second kappa shape index (κ2) is 9.88. The first kappa shape index (κ1) is 23.6. The highest BCUT2D eigenvalue weighted by molar-refractivity contribution is 5.81. The van der Waals surface area contributed by atoms with E-state index < -0.39 is 11.7 Å². The summed E-state index contributed by atoms with van der Waals surface area (Å²) in [6.45, 7) is 3.84. The summed E-state index contributed by atoms with van der Waals surface area (Å²) >= 11 is 0. The van der Waals surface area contributed by atoms with Crippen molar-refractivity contribution in [1.82, 2.24) is 35.6 Å². The summed E-state index contributed by atoms with van der Waals surface area (Å²) < 4.78 is 38.8. The second-order valence-corrected chi connectivity index (χ2v) is 8.70. The SMILES string of the molecule is CCCN(CC1CC1)c1cc(Nc2ncc(C(F)(F)F)cn2)cc(-c2ccccc2-c2nnn[nH]2)n1. The van der Waals surface area contributed by atoms with Crippen LogP contribution in [0.1, 0.15) is 31.7 Å². The lowest BCUT2D eigenvalue weighted by Gasteiger charge is -2.25. The van der Waals surface area contributed by atoms with Crippen LogP contribution in [0.4, 0.5) is 30.6 Å². The molecule has 0 saturated heterocycles. The van der Waals surface area contributed by atoms with Crippen molar-refractivity contribution in [3.05, 3.63) is 54.4 Å². The number of anilines is 3. The van der Waals surface area contributed by atoms with E-state index in [1.165, 1.54) is 12.8 Å². The molecule has 0 aliphatic heterocycles. The van der Waals surface area contributed by atoms with Crippen molar-refractivity contribution in [3.63, 3.8) is 0 Å². The number of H-pyrrole nitrogens is 1. The molecule has 2 N–H and O–H groups in total. The maximum absolute atomic E-state index is 12.9. The van der Waals surface area contributed by atoms with Gasteiger partial charge in [-0.1, -0.05) is 31.2 Å². The average molecular weight is 496 g/mol. The maximum Gasteiger partial charge on any atom is 0.419 e. The summed E-state index contributed by atoms with van der Waals surface area (Å²) in [7, 11) is 0. The zero-order chi connectivity index (χ0) is 25.1. The number of pyridine rings is 1. The summed E-state index contributed by atoms with van der Waals surface area (Å²) in [5.41, 5.74) is 1.94. The van der Waals surface area contributed by atoms with Gasteiger partial charge in [-0.3, -0.25) is 0 Å². The Labute approximate surface area is 205 Å². The maximum atomic E-state index is 12.9. The standard InChI is InChI=1S/C24H24F3N9/c1-2-9-36(14-15-7-8-15)21-11-17(30-23-28-12-16(13-29-23)24(25,26)27)10-20(31-21)18-5-3-4-6-19(18)22-32-34-35-33-22/h3-6,10-13,15H,2,7-9,14H2,1H3,(H,28,29,30,31)(H,32,33,34,35). The van der Waals surface area contributed by atoms with E-state index in [0.29, 0.717) is 23.1 Å². The van der Waals surface area contributed by atoms with Gasteiger partial charge in [0.1, 0.15) is 5.82 Å². The van der Waals surface area contributed by atoms with Gasteiger partial charge in [0, 0.05) is 48.4 Å². The molecule has 1 aliphatic rings. The van der Waals surface area contributed by atoms with Crippen LogP contribution < -0.4 is 10.2 Å². The molecule has 1 saturated carbocycles. The number of aromatic amines is 1. The summed E-state index contributed by atoms with van der Waals surface area (Å²) in [6.07, 6.45) is 0.377. The molecule has 4 aromatic rings. The molecular weight excluding hydrogens is 471 g/mol. The molecule has 36 heavy (non-hydrogen) atoms. The molecule has 9 nitrogen and oxygen atoms in total. The van der Waals surface area contributed by atoms with E-state index in [1.54, 1.807) is 0 Å². The first-order chi connectivity index (χ1) is 17.4. The smallest absolute Gasteiger partial charge is 0.356 e. The third-order valence-electron chi connectivity index (χ3n) is 5.84. The second-order valence-electron chi connectivity index (χ2n) is 8.70. The van der Waals surface area contributed by atoms with Crippen LogP contribution in [0, 0.1) is 5.92 Å². The highest BCUT2D eigenvalue weighted by Gasteiger charge is 2.31. The molecule has 0 spiro atoms. The minimum absolute atomic E-state index is 0.0584. The lowest BCUT2D eigenvalue weighted by Crippen LogP contribution is -2.27. The molecule has 0 amide bonds. The van der Waals surface area contributed by atoms with E-state index in [9.17, 15) is 13.2 Å². The number of nitrogens with one attached hydrogen (secondary N) is 2. The lowest BCUT2D eigenvalue weighted by atomic mass is 10.0. The fourth-order valence-corrected chi connectivity index (χ4v) is 3.92. The number of aromatic nitrogens is 7. The van der Waals surface area contributed by atoms with Crippen LogP contribution in [0.25, 0.3) is 22.6 Å².